The van der Waals surface area contributed by atoms with Crippen molar-refractivity contribution >= 4 is 5.97 Å². The van der Waals surface area contributed by atoms with Crippen LogP contribution in [0.4, 0.5) is 0 Å². The number of rotatable bonds is 5. The third-order valence-electron chi connectivity index (χ3n) is 3.02. The average molecular weight is 263 g/mol. The van der Waals surface area contributed by atoms with Gasteiger partial charge in [0.25, 0.3) is 0 Å². The van der Waals surface area contributed by atoms with Gasteiger partial charge in [0.2, 0.25) is 5.76 Å². The van der Waals surface area contributed by atoms with Crippen LogP contribution in [0.2, 0.25) is 0 Å². The zero-order valence-corrected chi connectivity index (χ0v) is 11.2. The average Bonchev–Trinajstić information content (AvgIpc) is 2.93. The SMILES string of the molecule is Cc1ccc(C(C)NCc2cc(C(=O)O)oc2C)o1. The predicted octanol–water partition coefficient (Wildman–Crippen LogP) is 3.04. The molecular formula is C14H17NO4. The van der Waals surface area contributed by atoms with Crippen LogP contribution >= 0.6 is 0 Å². The van der Waals surface area contributed by atoms with Crippen LogP contribution in [0.3, 0.4) is 0 Å². The molecule has 0 bridgehead atoms. The van der Waals surface area contributed by atoms with E-state index in [0.717, 1.165) is 17.1 Å². The summed E-state index contributed by atoms with van der Waals surface area (Å²) >= 11 is 0. The minimum Gasteiger partial charge on any atom is -0.475 e. The minimum atomic E-state index is -1.05. The zero-order valence-electron chi connectivity index (χ0n) is 11.2. The molecule has 0 saturated carbocycles. The number of hydrogen-bond donors (Lipinski definition) is 2. The Morgan fingerprint density at radius 2 is 2.11 bits per heavy atom. The van der Waals surface area contributed by atoms with Gasteiger partial charge in [0, 0.05) is 12.1 Å². The van der Waals surface area contributed by atoms with Crippen LogP contribution in [-0.2, 0) is 6.54 Å². The maximum Gasteiger partial charge on any atom is 0.371 e. The van der Waals surface area contributed by atoms with Gasteiger partial charge in [0.15, 0.2) is 0 Å². The molecule has 2 heterocycles. The van der Waals surface area contributed by atoms with E-state index < -0.39 is 5.97 Å². The highest BCUT2D eigenvalue weighted by atomic mass is 16.4. The fourth-order valence-corrected chi connectivity index (χ4v) is 1.85. The van der Waals surface area contributed by atoms with E-state index in [9.17, 15) is 4.79 Å². The molecule has 102 valence electrons. The number of nitrogens with one attached hydrogen (secondary N) is 1. The van der Waals surface area contributed by atoms with Gasteiger partial charge < -0.3 is 19.3 Å². The predicted molar refractivity (Wildman–Crippen MR) is 69.1 cm³/mol. The van der Waals surface area contributed by atoms with E-state index in [1.807, 2.05) is 26.0 Å². The molecule has 1 unspecified atom stereocenters. The molecule has 0 amide bonds. The summed E-state index contributed by atoms with van der Waals surface area (Å²) < 4.78 is 10.7. The highest BCUT2D eigenvalue weighted by Crippen LogP contribution is 2.18. The Morgan fingerprint density at radius 3 is 2.63 bits per heavy atom. The van der Waals surface area contributed by atoms with Gasteiger partial charge in [-0.05, 0) is 39.0 Å². The second kappa shape index (κ2) is 5.32. The number of hydrogen-bond acceptors (Lipinski definition) is 4. The Hall–Kier alpha value is -2.01. The van der Waals surface area contributed by atoms with Crippen LogP contribution < -0.4 is 5.32 Å². The molecule has 0 saturated heterocycles. The summed E-state index contributed by atoms with van der Waals surface area (Å²) in [5, 5.41) is 12.1. The molecule has 19 heavy (non-hydrogen) atoms. The van der Waals surface area contributed by atoms with Crippen LogP contribution in [0, 0.1) is 13.8 Å². The minimum absolute atomic E-state index is 0.0317. The molecule has 5 nitrogen and oxygen atoms in total. The number of carboxylic acids is 1. The molecule has 0 aliphatic carbocycles. The van der Waals surface area contributed by atoms with E-state index in [0.29, 0.717) is 12.3 Å². The quantitative estimate of drug-likeness (QED) is 0.867. The van der Waals surface area contributed by atoms with E-state index in [2.05, 4.69) is 5.32 Å². The van der Waals surface area contributed by atoms with E-state index in [4.69, 9.17) is 13.9 Å². The molecule has 0 spiro atoms. The Bertz CT molecular complexity index is 582. The van der Waals surface area contributed by atoms with Crippen molar-refractivity contribution in [3.8, 4) is 0 Å². The first-order valence-corrected chi connectivity index (χ1v) is 6.09. The zero-order chi connectivity index (χ0) is 14.0. The Labute approximate surface area is 111 Å². The molecule has 0 aliphatic rings. The molecule has 0 fully saturated rings. The normalized spacial score (nSPS) is 12.6. The Kier molecular flexibility index (Phi) is 3.76. The third-order valence-corrected chi connectivity index (χ3v) is 3.02. The van der Waals surface area contributed by atoms with Crippen molar-refractivity contribution in [2.75, 3.05) is 0 Å². The third kappa shape index (κ3) is 3.06. The van der Waals surface area contributed by atoms with Crippen molar-refractivity contribution in [2.45, 2.75) is 33.4 Å². The van der Waals surface area contributed by atoms with Gasteiger partial charge in [-0.3, -0.25) is 0 Å². The summed E-state index contributed by atoms with van der Waals surface area (Å²) in [5.74, 6) is 1.26. The lowest BCUT2D eigenvalue weighted by atomic mass is 10.2. The van der Waals surface area contributed by atoms with Gasteiger partial charge in [-0.15, -0.1) is 0 Å². The van der Waals surface area contributed by atoms with Gasteiger partial charge in [-0.1, -0.05) is 0 Å². The number of furan rings is 2. The molecule has 2 rings (SSSR count). The number of carboxylic acid groups (broad SMARTS) is 1. The highest BCUT2D eigenvalue weighted by molar-refractivity contribution is 5.84. The lowest BCUT2D eigenvalue weighted by Crippen LogP contribution is -2.17. The molecular weight excluding hydrogens is 246 g/mol. The van der Waals surface area contributed by atoms with Gasteiger partial charge in [-0.25, -0.2) is 4.79 Å². The van der Waals surface area contributed by atoms with Gasteiger partial charge in [0.05, 0.1) is 6.04 Å². The first-order valence-electron chi connectivity index (χ1n) is 6.09. The van der Waals surface area contributed by atoms with Crippen LogP contribution in [0.15, 0.2) is 27.0 Å². The molecule has 0 radical (unpaired) electrons. The fourth-order valence-electron chi connectivity index (χ4n) is 1.85. The largest absolute Gasteiger partial charge is 0.475 e. The Morgan fingerprint density at radius 1 is 1.37 bits per heavy atom. The second-order valence-corrected chi connectivity index (χ2v) is 4.55. The van der Waals surface area contributed by atoms with Gasteiger partial charge in [-0.2, -0.15) is 0 Å². The van der Waals surface area contributed by atoms with Crippen LogP contribution in [0.25, 0.3) is 0 Å². The van der Waals surface area contributed by atoms with Crippen molar-refractivity contribution < 1.29 is 18.7 Å². The van der Waals surface area contributed by atoms with E-state index in [-0.39, 0.29) is 11.8 Å². The summed E-state index contributed by atoms with van der Waals surface area (Å²) in [4.78, 5) is 10.8. The van der Waals surface area contributed by atoms with Crippen LogP contribution in [-0.4, -0.2) is 11.1 Å². The van der Waals surface area contributed by atoms with Gasteiger partial charge >= 0.3 is 5.97 Å². The standard InChI is InChI=1S/C14H17NO4/c1-8-4-5-12(18-8)9(2)15-7-11-6-13(14(16)17)19-10(11)3/h4-6,9,15H,7H2,1-3H3,(H,16,17). The van der Waals surface area contributed by atoms with Crippen LogP contribution in [0.5, 0.6) is 0 Å². The van der Waals surface area contributed by atoms with Crippen molar-refractivity contribution in [2.24, 2.45) is 0 Å². The smallest absolute Gasteiger partial charge is 0.371 e. The maximum absolute atomic E-state index is 10.8. The first kappa shape index (κ1) is 13.4. The van der Waals surface area contributed by atoms with Crippen LogP contribution in [0.1, 0.15) is 46.4 Å². The van der Waals surface area contributed by atoms with Crippen molar-refractivity contribution in [3.05, 3.63) is 46.8 Å². The van der Waals surface area contributed by atoms with E-state index >= 15 is 0 Å². The number of aryl methyl sites for hydroxylation is 2. The molecule has 2 aromatic rings. The fraction of sp³-hybridized carbons (Fsp3) is 0.357. The maximum atomic E-state index is 10.8. The lowest BCUT2D eigenvalue weighted by Gasteiger charge is -2.10. The molecule has 0 aliphatic heterocycles. The molecule has 5 heteroatoms. The topological polar surface area (TPSA) is 75.6 Å². The summed E-state index contributed by atoms with van der Waals surface area (Å²) in [5.41, 5.74) is 0.840. The summed E-state index contributed by atoms with van der Waals surface area (Å²) in [6, 6.07) is 5.44. The monoisotopic (exact) mass is 263 g/mol. The number of carbonyl (C=O) groups is 1. The highest BCUT2D eigenvalue weighted by Gasteiger charge is 2.14. The number of aromatic carboxylic acids is 1. The lowest BCUT2D eigenvalue weighted by molar-refractivity contribution is 0.0661. The van der Waals surface area contributed by atoms with Crippen molar-refractivity contribution in [1.82, 2.24) is 5.32 Å². The second-order valence-electron chi connectivity index (χ2n) is 4.55. The summed E-state index contributed by atoms with van der Waals surface area (Å²) in [6.45, 7) is 6.18. The Balaban J connectivity index is 2.00. The van der Waals surface area contributed by atoms with E-state index in [1.54, 1.807) is 13.0 Å². The summed E-state index contributed by atoms with van der Waals surface area (Å²) in [7, 11) is 0. The molecule has 2 N–H and O–H groups in total. The van der Waals surface area contributed by atoms with Crippen molar-refractivity contribution in [1.29, 1.82) is 0 Å². The first-order chi connectivity index (χ1) is 8.97. The van der Waals surface area contributed by atoms with E-state index in [1.165, 1.54) is 0 Å². The molecule has 1 atom stereocenters. The molecule has 2 aromatic heterocycles. The van der Waals surface area contributed by atoms with Crippen molar-refractivity contribution in [3.63, 3.8) is 0 Å². The summed E-state index contributed by atoms with van der Waals surface area (Å²) in [6.07, 6.45) is 0. The van der Waals surface area contributed by atoms with Gasteiger partial charge in [0.1, 0.15) is 17.3 Å². The molecule has 0 aromatic carbocycles.